The van der Waals surface area contributed by atoms with Crippen LogP contribution in [0.2, 0.25) is 0 Å². The lowest BCUT2D eigenvalue weighted by Crippen LogP contribution is -2.44. The predicted octanol–water partition coefficient (Wildman–Crippen LogP) is 2.32. The third-order valence-electron chi connectivity index (χ3n) is 3.94. The fraction of sp³-hybridized carbons (Fsp3) is 0.625. The zero-order valence-electron chi connectivity index (χ0n) is 14.9. The highest BCUT2D eigenvalue weighted by atomic mass is 79.9. The molecule has 2 aliphatic heterocycles. The molecule has 0 aromatic carbocycles. The fourth-order valence-corrected chi connectivity index (χ4v) is 3.85. The average Bonchev–Trinajstić information content (AvgIpc) is 3.31. The molecular weight excluding hydrogens is 420 g/mol. The summed E-state index contributed by atoms with van der Waals surface area (Å²) in [5.74, 6) is 0. The van der Waals surface area contributed by atoms with Crippen LogP contribution < -0.4 is 10.2 Å². The summed E-state index contributed by atoms with van der Waals surface area (Å²) < 4.78 is 0.947. The smallest absolute Gasteiger partial charge is 0.185 e. The maximum Gasteiger partial charge on any atom is 0.185 e. The summed E-state index contributed by atoms with van der Waals surface area (Å²) in [5.41, 5.74) is 0. The number of thiazole rings is 2. The Morgan fingerprint density at radius 3 is 1.88 bits per heavy atom. The van der Waals surface area contributed by atoms with Crippen LogP contribution in [0.3, 0.4) is 0 Å². The minimum Gasteiger partial charge on any atom is -0.346 e. The van der Waals surface area contributed by atoms with Crippen LogP contribution in [0.5, 0.6) is 0 Å². The Kier molecular flexibility index (Phi) is 9.89. The van der Waals surface area contributed by atoms with Gasteiger partial charge in [0, 0.05) is 75.5 Å². The summed E-state index contributed by atoms with van der Waals surface area (Å²) >= 11 is 6.50. The van der Waals surface area contributed by atoms with E-state index in [1.54, 1.807) is 28.9 Å². The first kappa shape index (κ1) is 20.7. The van der Waals surface area contributed by atoms with Gasteiger partial charge in [-0.15, -0.1) is 22.7 Å². The molecule has 2 aliphatic rings. The number of aromatic nitrogens is 2. The highest BCUT2D eigenvalue weighted by Gasteiger charge is 2.15. The van der Waals surface area contributed by atoms with Gasteiger partial charge in [-0.1, -0.05) is 0 Å². The number of rotatable bonds is 1. The predicted molar refractivity (Wildman–Crippen MR) is 112 cm³/mol. The summed E-state index contributed by atoms with van der Waals surface area (Å²) in [4.78, 5) is 15.2. The summed E-state index contributed by atoms with van der Waals surface area (Å²) in [6.45, 7) is 9.28. The van der Waals surface area contributed by atoms with Gasteiger partial charge in [-0.25, -0.2) is 9.97 Å². The largest absolute Gasteiger partial charge is 0.346 e. The Hall–Kier alpha value is -0.580. The molecule has 4 heterocycles. The van der Waals surface area contributed by atoms with Crippen LogP contribution in [0, 0.1) is 0 Å². The molecular formula is C16H27BrN6S2. The third kappa shape index (κ3) is 8.57. The minimum atomic E-state index is 0.947. The van der Waals surface area contributed by atoms with Crippen LogP contribution in [-0.4, -0.2) is 86.2 Å². The van der Waals surface area contributed by atoms with Gasteiger partial charge in [0.15, 0.2) is 9.05 Å². The van der Waals surface area contributed by atoms with E-state index in [0.29, 0.717) is 0 Å². The van der Waals surface area contributed by atoms with Crippen molar-refractivity contribution >= 4 is 43.7 Å². The molecule has 0 radical (unpaired) electrons. The van der Waals surface area contributed by atoms with Gasteiger partial charge in [-0.3, -0.25) is 0 Å². The van der Waals surface area contributed by atoms with Crippen molar-refractivity contribution in [1.82, 2.24) is 25.1 Å². The maximum atomic E-state index is 4.29. The van der Waals surface area contributed by atoms with Crippen molar-refractivity contribution < 1.29 is 0 Å². The normalized spacial score (nSPS) is 18.8. The lowest BCUT2D eigenvalue weighted by molar-refractivity contribution is 0.291. The van der Waals surface area contributed by atoms with Crippen molar-refractivity contribution in [3.05, 3.63) is 27.1 Å². The van der Waals surface area contributed by atoms with Crippen LogP contribution >= 0.6 is 38.6 Å². The molecule has 140 valence electrons. The van der Waals surface area contributed by atoms with Gasteiger partial charge in [-0.05, 0) is 30.0 Å². The zero-order valence-corrected chi connectivity index (χ0v) is 18.1. The standard InChI is InChI=1S/C8H13N3S.C5H12N2.C3H2BrNS/c1-10-3-5-11(6-4-10)8-9-2-7-12-8;1-7-4-2-6-3-5-7;4-3-5-1-2-6-3/h2,7H,3-6H2,1H3;6H,2-5H2,1H3;1-2H. The molecule has 9 heteroatoms. The second kappa shape index (κ2) is 11.9. The fourth-order valence-electron chi connectivity index (χ4n) is 2.35. The van der Waals surface area contributed by atoms with Crippen LogP contribution in [0.25, 0.3) is 0 Å². The zero-order chi connectivity index (χ0) is 17.9. The van der Waals surface area contributed by atoms with Crippen molar-refractivity contribution in [3.8, 4) is 0 Å². The Morgan fingerprint density at radius 2 is 1.48 bits per heavy atom. The minimum absolute atomic E-state index is 0.947. The van der Waals surface area contributed by atoms with E-state index in [-0.39, 0.29) is 0 Å². The molecule has 0 amide bonds. The Balaban J connectivity index is 0.000000148. The molecule has 2 aromatic rings. The maximum absolute atomic E-state index is 4.29. The molecule has 6 nitrogen and oxygen atoms in total. The van der Waals surface area contributed by atoms with Gasteiger partial charge in [-0.2, -0.15) is 0 Å². The topological polar surface area (TPSA) is 47.5 Å². The molecule has 1 N–H and O–H groups in total. The first-order valence-electron chi connectivity index (χ1n) is 8.42. The van der Waals surface area contributed by atoms with Crippen LogP contribution in [-0.2, 0) is 0 Å². The quantitative estimate of drug-likeness (QED) is 0.724. The first-order valence-corrected chi connectivity index (χ1v) is 11.0. The van der Waals surface area contributed by atoms with Gasteiger partial charge in [0.1, 0.15) is 0 Å². The van der Waals surface area contributed by atoms with E-state index in [2.05, 4.69) is 60.0 Å². The summed E-state index contributed by atoms with van der Waals surface area (Å²) in [7, 11) is 4.32. The number of piperazine rings is 2. The van der Waals surface area contributed by atoms with E-state index in [4.69, 9.17) is 0 Å². The summed E-state index contributed by atoms with van der Waals surface area (Å²) in [5, 5.41) is 8.40. The number of likely N-dealkylation sites (N-methyl/N-ethyl adjacent to an activating group) is 2. The van der Waals surface area contributed by atoms with Gasteiger partial charge in [0.05, 0.1) is 0 Å². The molecule has 2 saturated heterocycles. The van der Waals surface area contributed by atoms with Crippen LogP contribution in [0.15, 0.2) is 27.1 Å². The second-order valence-corrected chi connectivity index (χ2v) is 8.99. The van der Waals surface area contributed by atoms with Gasteiger partial charge < -0.3 is 20.0 Å². The molecule has 0 spiro atoms. The second-order valence-electron chi connectivity index (χ2n) is 5.94. The van der Waals surface area contributed by atoms with Crippen molar-refractivity contribution in [2.24, 2.45) is 0 Å². The number of hydrogen-bond acceptors (Lipinski definition) is 8. The highest BCUT2D eigenvalue weighted by Crippen LogP contribution is 2.18. The van der Waals surface area contributed by atoms with Crippen molar-refractivity contribution in [2.75, 3.05) is 71.4 Å². The summed E-state index contributed by atoms with van der Waals surface area (Å²) in [6.07, 6.45) is 3.63. The molecule has 0 atom stereocenters. The van der Waals surface area contributed by atoms with Gasteiger partial charge in [0.2, 0.25) is 0 Å². The van der Waals surface area contributed by atoms with E-state index in [9.17, 15) is 0 Å². The molecule has 25 heavy (non-hydrogen) atoms. The molecule has 4 rings (SSSR count). The highest BCUT2D eigenvalue weighted by molar-refractivity contribution is 9.11. The third-order valence-corrected chi connectivity index (χ3v) is 6.09. The Bertz CT molecular complexity index is 537. The molecule has 0 unspecified atom stereocenters. The monoisotopic (exact) mass is 446 g/mol. The van der Waals surface area contributed by atoms with E-state index in [1.807, 2.05) is 17.0 Å². The van der Waals surface area contributed by atoms with Crippen molar-refractivity contribution in [1.29, 1.82) is 0 Å². The molecule has 0 bridgehead atoms. The molecule has 0 saturated carbocycles. The van der Waals surface area contributed by atoms with Crippen molar-refractivity contribution in [3.63, 3.8) is 0 Å². The SMILES string of the molecule is Brc1nccs1.CN1CCN(c2nccs2)CC1.CN1CCNCC1. The average molecular weight is 447 g/mol. The van der Waals surface area contributed by atoms with Crippen molar-refractivity contribution in [2.45, 2.75) is 0 Å². The number of nitrogens with one attached hydrogen (secondary N) is 1. The molecule has 0 aliphatic carbocycles. The van der Waals surface area contributed by atoms with E-state index in [0.717, 1.165) is 43.2 Å². The Labute approximate surface area is 167 Å². The molecule has 2 fully saturated rings. The molecule has 2 aromatic heterocycles. The number of halogens is 1. The van der Waals surface area contributed by atoms with E-state index < -0.39 is 0 Å². The van der Waals surface area contributed by atoms with E-state index in [1.165, 1.54) is 18.2 Å². The van der Waals surface area contributed by atoms with Gasteiger partial charge >= 0.3 is 0 Å². The lowest BCUT2D eigenvalue weighted by Gasteiger charge is -2.31. The van der Waals surface area contributed by atoms with Crippen LogP contribution in [0.1, 0.15) is 0 Å². The first-order chi connectivity index (χ1) is 12.1. The van der Waals surface area contributed by atoms with Crippen LogP contribution in [0.4, 0.5) is 5.13 Å². The number of nitrogens with zero attached hydrogens (tertiary/aromatic N) is 5. The summed E-state index contributed by atoms with van der Waals surface area (Å²) in [6, 6.07) is 0. The van der Waals surface area contributed by atoms with Gasteiger partial charge in [0.25, 0.3) is 0 Å². The van der Waals surface area contributed by atoms with E-state index >= 15 is 0 Å². The number of hydrogen-bond donors (Lipinski definition) is 1. The Morgan fingerprint density at radius 1 is 0.880 bits per heavy atom. The number of anilines is 1. The lowest BCUT2D eigenvalue weighted by atomic mass is 10.3.